The minimum atomic E-state index is -4.47. The van der Waals surface area contributed by atoms with Crippen LogP contribution in [0.15, 0.2) is 48.7 Å². The first-order chi connectivity index (χ1) is 12.9. The molecule has 0 unspecified atom stereocenters. The molecular weight excluding hydrogens is 367 g/mol. The Kier molecular flexibility index (Phi) is 5.29. The second-order valence-corrected chi connectivity index (χ2v) is 5.21. The molecule has 0 atom stereocenters. The number of ether oxygens (including phenoxy) is 2. The topological polar surface area (TPSA) is 92.0 Å². The number of pyridine rings is 1. The number of carbonyl (C=O) groups is 1. The van der Waals surface area contributed by atoms with Gasteiger partial charge in [-0.05, 0) is 28.6 Å². The molecule has 0 aliphatic carbocycles. The zero-order valence-electron chi connectivity index (χ0n) is 13.6. The van der Waals surface area contributed by atoms with Crippen LogP contribution < -0.4 is 4.74 Å². The first-order valence-corrected chi connectivity index (χ1v) is 7.58. The number of carbonyl (C=O) groups excluding carboxylic acids is 1. The molecule has 11 heteroatoms. The second kappa shape index (κ2) is 7.81. The third kappa shape index (κ3) is 5.00. The summed E-state index contributed by atoms with van der Waals surface area (Å²) in [5, 5.41) is 11.2. The zero-order chi connectivity index (χ0) is 19.3. The van der Waals surface area contributed by atoms with E-state index in [4.69, 9.17) is 4.74 Å². The highest BCUT2D eigenvalue weighted by Crippen LogP contribution is 2.17. The summed E-state index contributed by atoms with van der Waals surface area (Å²) < 4.78 is 47.3. The Morgan fingerprint density at radius 2 is 1.89 bits per heavy atom. The molecule has 0 fully saturated rings. The number of para-hydroxylation sites is 1. The van der Waals surface area contributed by atoms with Gasteiger partial charge in [0.05, 0.1) is 11.3 Å². The van der Waals surface area contributed by atoms with Crippen molar-refractivity contribution < 1.29 is 27.4 Å². The molecule has 0 bridgehead atoms. The predicted octanol–water partition coefficient (Wildman–Crippen LogP) is 2.36. The van der Waals surface area contributed by atoms with Gasteiger partial charge in [0.15, 0.2) is 19.0 Å². The van der Waals surface area contributed by atoms with E-state index in [1.54, 1.807) is 24.3 Å². The van der Waals surface area contributed by atoms with Crippen molar-refractivity contribution in [2.45, 2.75) is 12.8 Å². The summed E-state index contributed by atoms with van der Waals surface area (Å²) in [6, 6.07) is 11.4. The van der Waals surface area contributed by atoms with E-state index in [-0.39, 0.29) is 18.1 Å². The molecule has 3 aromatic rings. The quantitative estimate of drug-likeness (QED) is 0.607. The van der Waals surface area contributed by atoms with Crippen molar-refractivity contribution in [3.8, 4) is 11.6 Å². The lowest BCUT2D eigenvalue weighted by Gasteiger charge is -2.09. The molecular formula is C16H12F3N5O3. The fourth-order valence-electron chi connectivity index (χ4n) is 2.02. The van der Waals surface area contributed by atoms with Crippen LogP contribution in [0.4, 0.5) is 13.2 Å². The van der Waals surface area contributed by atoms with Crippen LogP contribution in [-0.4, -0.2) is 43.9 Å². The summed E-state index contributed by atoms with van der Waals surface area (Å²) in [6.45, 7) is -1.67. The highest BCUT2D eigenvalue weighted by Gasteiger charge is 2.28. The van der Waals surface area contributed by atoms with E-state index in [9.17, 15) is 18.0 Å². The number of benzene rings is 1. The van der Waals surface area contributed by atoms with Gasteiger partial charge in [-0.2, -0.15) is 17.9 Å². The van der Waals surface area contributed by atoms with Crippen LogP contribution in [-0.2, 0) is 11.3 Å². The van der Waals surface area contributed by atoms with Gasteiger partial charge in [0.25, 0.3) is 0 Å². The standard InChI is InChI=1S/C16H12F3N5O3/c17-16(18,19)10-27-14-7-6-11(8-20-14)15(25)26-9-13-21-22-23-24(13)12-4-2-1-3-5-12/h1-8H,9-10H2. The van der Waals surface area contributed by atoms with Crippen molar-refractivity contribution in [2.75, 3.05) is 6.61 Å². The maximum atomic E-state index is 12.1. The Bertz CT molecular complexity index is 898. The molecule has 8 nitrogen and oxygen atoms in total. The first-order valence-electron chi connectivity index (χ1n) is 7.58. The van der Waals surface area contributed by atoms with E-state index in [0.717, 1.165) is 12.3 Å². The van der Waals surface area contributed by atoms with Gasteiger partial charge in [0.2, 0.25) is 5.88 Å². The summed E-state index contributed by atoms with van der Waals surface area (Å²) in [4.78, 5) is 15.7. The summed E-state index contributed by atoms with van der Waals surface area (Å²) in [6.07, 6.45) is -3.41. The molecule has 27 heavy (non-hydrogen) atoms. The lowest BCUT2D eigenvalue weighted by molar-refractivity contribution is -0.154. The molecule has 0 aliphatic heterocycles. The molecule has 3 rings (SSSR count). The van der Waals surface area contributed by atoms with Crippen LogP contribution in [0.25, 0.3) is 5.69 Å². The Morgan fingerprint density at radius 3 is 2.56 bits per heavy atom. The Labute approximate surface area is 150 Å². The van der Waals surface area contributed by atoms with Gasteiger partial charge in [-0.25, -0.2) is 9.78 Å². The number of rotatable bonds is 6. The molecule has 0 N–H and O–H groups in total. The minimum absolute atomic E-state index is 0.0492. The van der Waals surface area contributed by atoms with Crippen molar-refractivity contribution in [1.82, 2.24) is 25.2 Å². The third-order valence-electron chi connectivity index (χ3n) is 3.22. The van der Waals surface area contributed by atoms with E-state index < -0.39 is 18.8 Å². The Balaban J connectivity index is 1.60. The van der Waals surface area contributed by atoms with Gasteiger partial charge in [-0.15, -0.1) is 5.10 Å². The number of hydrogen-bond donors (Lipinski definition) is 0. The lowest BCUT2D eigenvalue weighted by Crippen LogP contribution is -2.19. The smallest absolute Gasteiger partial charge is 0.422 e. The molecule has 0 aliphatic rings. The predicted molar refractivity (Wildman–Crippen MR) is 84.1 cm³/mol. The van der Waals surface area contributed by atoms with E-state index in [1.165, 1.54) is 10.7 Å². The van der Waals surface area contributed by atoms with Gasteiger partial charge in [0.1, 0.15) is 0 Å². The number of esters is 1. The number of halogens is 3. The monoisotopic (exact) mass is 379 g/mol. The van der Waals surface area contributed by atoms with Crippen LogP contribution in [0.2, 0.25) is 0 Å². The molecule has 0 amide bonds. The molecule has 2 heterocycles. The number of aromatic nitrogens is 5. The SMILES string of the molecule is O=C(OCc1nnnn1-c1ccccc1)c1ccc(OCC(F)(F)F)nc1. The normalized spacial score (nSPS) is 11.2. The lowest BCUT2D eigenvalue weighted by atomic mass is 10.3. The van der Waals surface area contributed by atoms with Crippen molar-refractivity contribution in [3.63, 3.8) is 0 Å². The fraction of sp³-hybridized carbons (Fsp3) is 0.188. The average molecular weight is 379 g/mol. The van der Waals surface area contributed by atoms with Crippen molar-refractivity contribution >= 4 is 5.97 Å². The van der Waals surface area contributed by atoms with Gasteiger partial charge in [-0.1, -0.05) is 18.2 Å². The first kappa shape index (κ1) is 18.3. The van der Waals surface area contributed by atoms with Gasteiger partial charge in [0, 0.05) is 12.3 Å². The molecule has 1 aromatic carbocycles. The largest absolute Gasteiger partial charge is 0.468 e. The Morgan fingerprint density at radius 1 is 1.11 bits per heavy atom. The van der Waals surface area contributed by atoms with Crippen LogP contribution in [0.5, 0.6) is 5.88 Å². The van der Waals surface area contributed by atoms with Crippen molar-refractivity contribution in [2.24, 2.45) is 0 Å². The highest BCUT2D eigenvalue weighted by molar-refractivity contribution is 5.89. The number of hydrogen-bond acceptors (Lipinski definition) is 7. The molecule has 0 radical (unpaired) electrons. The number of alkyl halides is 3. The van der Waals surface area contributed by atoms with E-state index >= 15 is 0 Å². The van der Waals surface area contributed by atoms with Crippen molar-refractivity contribution in [3.05, 3.63) is 60.0 Å². The maximum Gasteiger partial charge on any atom is 0.422 e. The van der Waals surface area contributed by atoms with Crippen LogP contribution in [0.1, 0.15) is 16.2 Å². The van der Waals surface area contributed by atoms with Crippen LogP contribution in [0, 0.1) is 0 Å². The minimum Gasteiger partial charge on any atom is -0.468 e. The third-order valence-corrected chi connectivity index (χ3v) is 3.22. The summed E-state index contributed by atoms with van der Waals surface area (Å²) in [5.41, 5.74) is 0.745. The van der Waals surface area contributed by atoms with Gasteiger partial charge in [-0.3, -0.25) is 0 Å². The van der Waals surface area contributed by atoms with Crippen LogP contribution in [0.3, 0.4) is 0 Å². The highest BCUT2D eigenvalue weighted by atomic mass is 19.4. The Hall–Kier alpha value is -3.50. The van der Waals surface area contributed by atoms with Crippen molar-refractivity contribution in [1.29, 1.82) is 0 Å². The molecule has 0 saturated heterocycles. The van der Waals surface area contributed by atoms with E-state index in [1.807, 2.05) is 6.07 Å². The zero-order valence-corrected chi connectivity index (χ0v) is 13.6. The number of tetrazole rings is 1. The van der Waals surface area contributed by atoms with E-state index in [2.05, 4.69) is 25.2 Å². The summed E-state index contributed by atoms with van der Waals surface area (Å²) >= 11 is 0. The molecule has 2 aromatic heterocycles. The molecule has 0 spiro atoms. The fourth-order valence-corrected chi connectivity index (χ4v) is 2.02. The summed E-state index contributed by atoms with van der Waals surface area (Å²) in [7, 11) is 0. The van der Waals surface area contributed by atoms with Gasteiger partial charge >= 0.3 is 12.1 Å². The van der Waals surface area contributed by atoms with Gasteiger partial charge < -0.3 is 9.47 Å². The second-order valence-electron chi connectivity index (χ2n) is 5.21. The maximum absolute atomic E-state index is 12.1. The van der Waals surface area contributed by atoms with Crippen LogP contribution >= 0.6 is 0 Å². The number of nitrogens with zero attached hydrogens (tertiary/aromatic N) is 5. The molecule has 140 valence electrons. The summed E-state index contributed by atoms with van der Waals surface area (Å²) in [5.74, 6) is -0.683. The molecule has 0 saturated carbocycles. The average Bonchev–Trinajstić information content (AvgIpc) is 3.13. The van der Waals surface area contributed by atoms with E-state index in [0.29, 0.717) is 11.5 Å².